The van der Waals surface area contributed by atoms with Crippen LogP contribution in [0.15, 0.2) is 0 Å². The van der Waals surface area contributed by atoms with Gasteiger partial charge in [-0.3, -0.25) is 0 Å². The van der Waals surface area contributed by atoms with Crippen molar-refractivity contribution in [2.45, 2.75) is 44.2 Å². The number of hydroxylamine groups is 2. The molecule has 0 spiro atoms. The van der Waals surface area contributed by atoms with E-state index in [0.717, 1.165) is 25.7 Å². The highest BCUT2D eigenvalue weighted by Gasteiger charge is 2.35. The largest absolute Gasteiger partial charge is 0.316 e. The molecule has 0 aromatic carbocycles. The lowest BCUT2D eigenvalue weighted by atomic mass is 9.80. The maximum absolute atomic E-state index is 8.85. The second kappa shape index (κ2) is 3.49. The molecule has 4 heteroatoms. The minimum Gasteiger partial charge on any atom is -0.316 e. The standard InChI is InChI=1S/C7H16N2O2/c1-7(9-11)5-3-2-4-6(7)8-10/h6,8-11H,2-5H2,1H3/t6-,7+/m0/s1. The molecule has 4 nitrogen and oxygen atoms in total. The highest BCUT2D eigenvalue weighted by molar-refractivity contribution is 4.94. The van der Waals surface area contributed by atoms with Crippen LogP contribution in [0.4, 0.5) is 0 Å². The van der Waals surface area contributed by atoms with E-state index in [4.69, 9.17) is 10.4 Å². The van der Waals surface area contributed by atoms with Crippen LogP contribution in [0.1, 0.15) is 32.6 Å². The van der Waals surface area contributed by atoms with Crippen molar-refractivity contribution in [3.05, 3.63) is 0 Å². The molecule has 0 aromatic heterocycles. The molecule has 0 aromatic rings. The van der Waals surface area contributed by atoms with Crippen LogP contribution in [0.3, 0.4) is 0 Å². The molecule has 0 saturated heterocycles. The van der Waals surface area contributed by atoms with Crippen LogP contribution >= 0.6 is 0 Å². The summed E-state index contributed by atoms with van der Waals surface area (Å²) >= 11 is 0. The Labute approximate surface area is 66.5 Å². The molecular formula is C7H16N2O2. The lowest BCUT2D eigenvalue weighted by Gasteiger charge is -2.39. The molecule has 4 N–H and O–H groups in total. The lowest BCUT2D eigenvalue weighted by molar-refractivity contribution is -0.0175. The van der Waals surface area contributed by atoms with Crippen LogP contribution in [0, 0.1) is 0 Å². The van der Waals surface area contributed by atoms with E-state index in [1.54, 1.807) is 0 Å². The fraction of sp³-hybridized carbons (Fsp3) is 1.00. The Bertz CT molecular complexity index is 132. The summed E-state index contributed by atoms with van der Waals surface area (Å²) in [7, 11) is 0. The third-order valence-corrected chi connectivity index (χ3v) is 2.62. The SMILES string of the molecule is C[C@@]1(NO)CCCC[C@@H]1NO. The monoisotopic (exact) mass is 160 g/mol. The quantitative estimate of drug-likeness (QED) is 0.448. The third kappa shape index (κ3) is 1.70. The van der Waals surface area contributed by atoms with Crippen LogP contribution in [-0.2, 0) is 0 Å². The van der Waals surface area contributed by atoms with Crippen LogP contribution in [0.2, 0.25) is 0 Å². The van der Waals surface area contributed by atoms with Crippen molar-refractivity contribution in [1.82, 2.24) is 11.0 Å². The Morgan fingerprint density at radius 1 is 1.36 bits per heavy atom. The normalized spacial score (nSPS) is 39.0. The van der Waals surface area contributed by atoms with E-state index in [9.17, 15) is 0 Å². The Hall–Kier alpha value is -0.160. The van der Waals surface area contributed by atoms with E-state index in [1.165, 1.54) is 0 Å². The molecule has 0 bridgehead atoms. The first-order chi connectivity index (χ1) is 5.23. The van der Waals surface area contributed by atoms with Crippen LogP contribution in [0.25, 0.3) is 0 Å². The molecule has 66 valence electrons. The van der Waals surface area contributed by atoms with Crippen molar-refractivity contribution < 1.29 is 10.4 Å². The van der Waals surface area contributed by atoms with Crippen LogP contribution in [0.5, 0.6) is 0 Å². The Morgan fingerprint density at radius 3 is 2.55 bits per heavy atom. The molecule has 0 unspecified atom stereocenters. The summed E-state index contributed by atoms with van der Waals surface area (Å²) in [5, 5.41) is 17.6. The van der Waals surface area contributed by atoms with Gasteiger partial charge in [-0.05, 0) is 19.8 Å². The van der Waals surface area contributed by atoms with Gasteiger partial charge in [-0.2, -0.15) is 5.48 Å². The van der Waals surface area contributed by atoms with Crippen molar-refractivity contribution in [2.75, 3.05) is 0 Å². The molecule has 1 aliphatic carbocycles. The van der Waals surface area contributed by atoms with Crippen molar-refractivity contribution in [3.8, 4) is 0 Å². The summed E-state index contributed by atoms with van der Waals surface area (Å²) in [5.41, 5.74) is 4.11. The predicted molar refractivity (Wildman–Crippen MR) is 40.5 cm³/mol. The smallest absolute Gasteiger partial charge is 0.0577 e. The van der Waals surface area contributed by atoms with Gasteiger partial charge in [0.15, 0.2) is 0 Å². The summed E-state index contributed by atoms with van der Waals surface area (Å²) in [6.07, 6.45) is 4.00. The topological polar surface area (TPSA) is 64.5 Å². The van der Waals surface area contributed by atoms with E-state index in [-0.39, 0.29) is 11.6 Å². The molecule has 0 heterocycles. The zero-order valence-electron chi connectivity index (χ0n) is 6.80. The van der Waals surface area contributed by atoms with Gasteiger partial charge in [-0.25, -0.2) is 5.48 Å². The predicted octanol–water partition coefficient (Wildman–Crippen LogP) is 0.645. The second-order valence-electron chi connectivity index (χ2n) is 3.46. The minimum absolute atomic E-state index is 0.0405. The molecule has 0 radical (unpaired) electrons. The number of rotatable bonds is 2. The molecule has 0 amide bonds. The molecular weight excluding hydrogens is 144 g/mol. The molecule has 2 atom stereocenters. The van der Waals surface area contributed by atoms with E-state index < -0.39 is 0 Å². The fourth-order valence-electron chi connectivity index (χ4n) is 1.67. The highest BCUT2D eigenvalue weighted by atomic mass is 16.5. The average Bonchev–Trinajstić information content (AvgIpc) is 2.05. The summed E-state index contributed by atoms with van der Waals surface area (Å²) in [6.45, 7) is 1.90. The van der Waals surface area contributed by atoms with Gasteiger partial charge in [0.2, 0.25) is 0 Å². The van der Waals surface area contributed by atoms with Gasteiger partial charge in [0.1, 0.15) is 0 Å². The van der Waals surface area contributed by atoms with Crippen LogP contribution < -0.4 is 11.0 Å². The number of nitrogens with one attached hydrogen (secondary N) is 2. The van der Waals surface area contributed by atoms with Gasteiger partial charge in [-0.15, -0.1) is 0 Å². The summed E-state index contributed by atoms with van der Waals surface area (Å²) in [4.78, 5) is 0. The molecule has 1 saturated carbocycles. The lowest BCUT2D eigenvalue weighted by Crippen LogP contribution is -2.57. The summed E-state index contributed by atoms with van der Waals surface area (Å²) in [6, 6.07) is -0.0405. The van der Waals surface area contributed by atoms with Gasteiger partial charge in [0.25, 0.3) is 0 Å². The maximum Gasteiger partial charge on any atom is 0.0577 e. The van der Waals surface area contributed by atoms with Gasteiger partial charge in [-0.1, -0.05) is 12.8 Å². The van der Waals surface area contributed by atoms with E-state index >= 15 is 0 Å². The van der Waals surface area contributed by atoms with E-state index in [2.05, 4.69) is 11.0 Å². The van der Waals surface area contributed by atoms with E-state index in [0.29, 0.717) is 0 Å². The molecule has 0 aliphatic heterocycles. The molecule has 11 heavy (non-hydrogen) atoms. The van der Waals surface area contributed by atoms with E-state index in [1.807, 2.05) is 6.92 Å². The minimum atomic E-state index is -0.368. The van der Waals surface area contributed by atoms with Crippen molar-refractivity contribution in [1.29, 1.82) is 0 Å². The van der Waals surface area contributed by atoms with Crippen molar-refractivity contribution in [2.24, 2.45) is 0 Å². The maximum atomic E-state index is 8.85. The zero-order valence-corrected chi connectivity index (χ0v) is 6.80. The zero-order chi connectivity index (χ0) is 8.32. The first kappa shape index (κ1) is 8.93. The Morgan fingerprint density at radius 2 is 2.09 bits per heavy atom. The van der Waals surface area contributed by atoms with Gasteiger partial charge in [0.05, 0.1) is 11.6 Å². The molecule has 1 aliphatic rings. The highest BCUT2D eigenvalue weighted by Crippen LogP contribution is 2.27. The summed E-state index contributed by atoms with van der Waals surface area (Å²) in [5.74, 6) is 0. The first-order valence-electron chi connectivity index (χ1n) is 4.04. The average molecular weight is 160 g/mol. The van der Waals surface area contributed by atoms with Crippen molar-refractivity contribution >= 4 is 0 Å². The van der Waals surface area contributed by atoms with Crippen molar-refractivity contribution in [3.63, 3.8) is 0 Å². The van der Waals surface area contributed by atoms with Gasteiger partial charge < -0.3 is 10.4 Å². The Balaban J connectivity index is 2.57. The van der Waals surface area contributed by atoms with Gasteiger partial charge >= 0.3 is 0 Å². The number of hydrogen-bond acceptors (Lipinski definition) is 4. The Kier molecular flexibility index (Phi) is 2.84. The summed E-state index contributed by atoms with van der Waals surface area (Å²) < 4.78 is 0. The van der Waals surface area contributed by atoms with Gasteiger partial charge in [0, 0.05) is 0 Å². The molecule has 1 fully saturated rings. The fourth-order valence-corrected chi connectivity index (χ4v) is 1.67. The third-order valence-electron chi connectivity index (χ3n) is 2.62. The van der Waals surface area contributed by atoms with Crippen LogP contribution in [-0.4, -0.2) is 22.0 Å². The first-order valence-corrected chi connectivity index (χ1v) is 4.04. The number of hydrogen-bond donors (Lipinski definition) is 4. The molecule has 1 rings (SSSR count). The second-order valence-corrected chi connectivity index (χ2v) is 3.46.